The molecule has 0 unspecified atom stereocenters. The van der Waals surface area contributed by atoms with Gasteiger partial charge < -0.3 is 15.0 Å². The predicted molar refractivity (Wildman–Crippen MR) is 94.4 cm³/mol. The molecule has 1 aromatic carbocycles. The summed E-state index contributed by atoms with van der Waals surface area (Å²) in [5, 5.41) is 3.11. The lowest BCUT2D eigenvalue weighted by molar-refractivity contribution is -0.131. The molecule has 0 atom stereocenters. The number of aromatic nitrogens is 1. The van der Waals surface area contributed by atoms with Gasteiger partial charge in [-0.05, 0) is 24.6 Å². The first kappa shape index (κ1) is 18.1. The largest absolute Gasteiger partial charge is 0.383 e. The Balaban J connectivity index is 2.04. The molecule has 0 radical (unpaired) electrons. The van der Waals surface area contributed by atoms with Crippen LogP contribution in [0.3, 0.4) is 0 Å². The smallest absolute Gasteiger partial charge is 0.237 e. The van der Waals surface area contributed by atoms with E-state index in [1.165, 1.54) is 5.56 Å². The number of nitrogens with zero attached hydrogens (tertiary/aromatic N) is 2. The van der Waals surface area contributed by atoms with Crippen molar-refractivity contribution < 1.29 is 9.53 Å². The van der Waals surface area contributed by atoms with Gasteiger partial charge in [0, 0.05) is 26.4 Å². The molecule has 128 valence electrons. The second kappa shape index (κ2) is 9.80. The molecule has 0 spiro atoms. The van der Waals surface area contributed by atoms with Gasteiger partial charge in [-0.1, -0.05) is 35.9 Å². The van der Waals surface area contributed by atoms with Crippen LogP contribution in [0.5, 0.6) is 0 Å². The first-order chi connectivity index (χ1) is 11.7. The van der Waals surface area contributed by atoms with Gasteiger partial charge in [0.05, 0.1) is 25.4 Å². The number of nitrogens with one attached hydrogen (secondary N) is 1. The van der Waals surface area contributed by atoms with Crippen LogP contribution >= 0.6 is 0 Å². The van der Waals surface area contributed by atoms with Crippen molar-refractivity contribution in [3.8, 4) is 0 Å². The van der Waals surface area contributed by atoms with Crippen LogP contribution in [-0.4, -0.2) is 42.6 Å². The maximum Gasteiger partial charge on any atom is 0.237 e. The predicted octanol–water partition coefficient (Wildman–Crippen LogP) is 2.15. The minimum atomic E-state index is 0.0539. The molecule has 0 aliphatic rings. The monoisotopic (exact) mass is 327 g/mol. The number of methoxy groups -OCH3 is 1. The second-order valence-corrected chi connectivity index (χ2v) is 5.73. The summed E-state index contributed by atoms with van der Waals surface area (Å²) >= 11 is 0. The molecule has 0 bridgehead atoms. The summed E-state index contributed by atoms with van der Waals surface area (Å²) in [6, 6.07) is 14.0. The Bertz CT molecular complexity index is 632. The van der Waals surface area contributed by atoms with Crippen LogP contribution in [0.1, 0.15) is 16.8 Å². The number of hydrogen-bond donors (Lipinski definition) is 1. The third-order valence-electron chi connectivity index (χ3n) is 3.65. The highest BCUT2D eigenvalue weighted by Gasteiger charge is 2.15. The highest BCUT2D eigenvalue weighted by molar-refractivity contribution is 5.78. The highest BCUT2D eigenvalue weighted by Crippen LogP contribution is 2.10. The first-order valence-electron chi connectivity index (χ1n) is 8.12. The van der Waals surface area contributed by atoms with Gasteiger partial charge in [0.1, 0.15) is 0 Å². The van der Waals surface area contributed by atoms with Gasteiger partial charge in [-0.25, -0.2) is 0 Å². The van der Waals surface area contributed by atoms with Crippen molar-refractivity contribution in [1.82, 2.24) is 15.2 Å². The minimum Gasteiger partial charge on any atom is -0.383 e. The lowest BCUT2D eigenvalue weighted by Gasteiger charge is -2.23. The molecule has 24 heavy (non-hydrogen) atoms. The van der Waals surface area contributed by atoms with Crippen LogP contribution in [-0.2, 0) is 22.6 Å². The topological polar surface area (TPSA) is 54.5 Å². The van der Waals surface area contributed by atoms with Gasteiger partial charge in [0.25, 0.3) is 0 Å². The van der Waals surface area contributed by atoms with E-state index in [2.05, 4.69) is 29.4 Å². The Kier molecular flexibility index (Phi) is 7.39. The standard InChI is InChI=1S/C19H25N3O2/c1-16-6-5-7-17(12-16)14-22(15-18-8-3-4-9-21-18)19(23)13-20-10-11-24-2/h3-9,12,20H,10-11,13-15H2,1-2H3. The molecule has 1 aromatic heterocycles. The Morgan fingerprint density at radius 3 is 2.79 bits per heavy atom. The number of ether oxygens (including phenoxy) is 1. The Morgan fingerprint density at radius 2 is 2.08 bits per heavy atom. The van der Waals surface area contributed by atoms with Crippen LogP contribution < -0.4 is 5.32 Å². The van der Waals surface area contributed by atoms with Gasteiger partial charge >= 0.3 is 0 Å². The third kappa shape index (κ3) is 6.10. The van der Waals surface area contributed by atoms with E-state index < -0.39 is 0 Å². The van der Waals surface area contributed by atoms with Crippen molar-refractivity contribution >= 4 is 5.91 Å². The van der Waals surface area contributed by atoms with E-state index in [-0.39, 0.29) is 5.91 Å². The Hall–Kier alpha value is -2.24. The molecule has 0 aliphatic heterocycles. The quantitative estimate of drug-likeness (QED) is 0.717. The molecule has 0 saturated carbocycles. The summed E-state index contributed by atoms with van der Waals surface area (Å²) in [5.41, 5.74) is 3.20. The molecule has 0 fully saturated rings. The Labute approximate surface area is 143 Å². The van der Waals surface area contributed by atoms with Gasteiger partial charge in [0.2, 0.25) is 5.91 Å². The number of rotatable bonds is 9. The Morgan fingerprint density at radius 1 is 1.21 bits per heavy atom. The van der Waals surface area contributed by atoms with E-state index in [0.29, 0.717) is 32.8 Å². The molecule has 2 rings (SSSR count). The molecule has 0 saturated heterocycles. The zero-order valence-electron chi connectivity index (χ0n) is 14.4. The van der Waals surface area contributed by atoms with Crippen molar-refractivity contribution in [2.24, 2.45) is 0 Å². The van der Waals surface area contributed by atoms with Crippen LogP contribution in [0.4, 0.5) is 0 Å². The second-order valence-electron chi connectivity index (χ2n) is 5.73. The summed E-state index contributed by atoms with van der Waals surface area (Å²) < 4.78 is 4.99. The van der Waals surface area contributed by atoms with Gasteiger partial charge in [-0.2, -0.15) is 0 Å². The summed E-state index contributed by atoms with van der Waals surface area (Å²) in [6.07, 6.45) is 1.75. The molecule has 5 nitrogen and oxygen atoms in total. The van der Waals surface area contributed by atoms with Crippen LogP contribution in [0.25, 0.3) is 0 Å². The van der Waals surface area contributed by atoms with E-state index in [1.807, 2.05) is 35.2 Å². The van der Waals surface area contributed by atoms with Crippen molar-refractivity contribution in [3.05, 3.63) is 65.5 Å². The molecule has 5 heteroatoms. The van der Waals surface area contributed by atoms with E-state index in [0.717, 1.165) is 11.3 Å². The first-order valence-corrected chi connectivity index (χ1v) is 8.12. The fraction of sp³-hybridized carbons (Fsp3) is 0.368. The number of pyridine rings is 1. The normalized spacial score (nSPS) is 10.6. The van der Waals surface area contributed by atoms with Crippen molar-refractivity contribution in [3.63, 3.8) is 0 Å². The molecule has 1 heterocycles. The minimum absolute atomic E-state index is 0.0539. The fourth-order valence-corrected chi connectivity index (χ4v) is 2.43. The summed E-state index contributed by atoms with van der Waals surface area (Å²) in [4.78, 5) is 18.8. The summed E-state index contributed by atoms with van der Waals surface area (Å²) in [6.45, 7) is 4.67. The molecule has 1 amide bonds. The average molecular weight is 327 g/mol. The van der Waals surface area contributed by atoms with E-state index in [4.69, 9.17) is 4.74 Å². The third-order valence-corrected chi connectivity index (χ3v) is 3.65. The lowest BCUT2D eigenvalue weighted by atomic mass is 10.1. The number of hydrogen-bond acceptors (Lipinski definition) is 4. The zero-order valence-corrected chi connectivity index (χ0v) is 14.4. The molecule has 1 N–H and O–H groups in total. The van der Waals surface area contributed by atoms with Crippen LogP contribution in [0.15, 0.2) is 48.7 Å². The number of benzene rings is 1. The van der Waals surface area contributed by atoms with E-state index in [9.17, 15) is 4.79 Å². The maximum atomic E-state index is 12.6. The summed E-state index contributed by atoms with van der Waals surface area (Å²) in [5.74, 6) is 0.0539. The molecule has 2 aromatic rings. The lowest BCUT2D eigenvalue weighted by Crippen LogP contribution is -2.38. The van der Waals surface area contributed by atoms with Gasteiger partial charge in [-0.3, -0.25) is 9.78 Å². The number of amides is 1. The molecular formula is C19H25N3O2. The fourth-order valence-electron chi connectivity index (χ4n) is 2.43. The van der Waals surface area contributed by atoms with E-state index >= 15 is 0 Å². The van der Waals surface area contributed by atoms with E-state index in [1.54, 1.807) is 13.3 Å². The molecular weight excluding hydrogens is 302 g/mol. The number of carbonyl (C=O) groups is 1. The van der Waals surface area contributed by atoms with Crippen LogP contribution in [0, 0.1) is 6.92 Å². The highest BCUT2D eigenvalue weighted by atomic mass is 16.5. The zero-order chi connectivity index (χ0) is 17.2. The van der Waals surface area contributed by atoms with Crippen molar-refractivity contribution in [2.45, 2.75) is 20.0 Å². The van der Waals surface area contributed by atoms with Gasteiger partial charge in [0.15, 0.2) is 0 Å². The average Bonchev–Trinajstić information content (AvgIpc) is 2.59. The van der Waals surface area contributed by atoms with Gasteiger partial charge in [-0.15, -0.1) is 0 Å². The van der Waals surface area contributed by atoms with Crippen molar-refractivity contribution in [2.75, 3.05) is 26.8 Å². The SMILES string of the molecule is COCCNCC(=O)N(Cc1cccc(C)c1)Cc1ccccn1. The maximum absolute atomic E-state index is 12.6. The summed E-state index contributed by atoms with van der Waals surface area (Å²) in [7, 11) is 1.65. The number of carbonyl (C=O) groups excluding carboxylic acids is 1. The molecule has 0 aliphatic carbocycles. The number of aryl methyl sites for hydroxylation is 1. The van der Waals surface area contributed by atoms with Crippen molar-refractivity contribution in [1.29, 1.82) is 0 Å². The van der Waals surface area contributed by atoms with Crippen LogP contribution in [0.2, 0.25) is 0 Å².